The van der Waals surface area contributed by atoms with Gasteiger partial charge in [0.1, 0.15) is 0 Å². The van der Waals surface area contributed by atoms with Gasteiger partial charge >= 0.3 is 0 Å². The lowest BCUT2D eigenvalue weighted by Gasteiger charge is -2.29. The predicted octanol–water partition coefficient (Wildman–Crippen LogP) is 2.84. The third-order valence-electron chi connectivity index (χ3n) is 3.30. The molecule has 1 fully saturated rings. The van der Waals surface area contributed by atoms with Crippen LogP contribution in [-0.4, -0.2) is 24.4 Å². The summed E-state index contributed by atoms with van der Waals surface area (Å²) in [5, 5.41) is 9.57. The number of aliphatic hydroxyl groups is 1. The van der Waals surface area contributed by atoms with Gasteiger partial charge in [0.15, 0.2) is 0 Å². The Hall–Kier alpha value is 0.1000. The Kier molecular flexibility index (Phi) is 3.50. The summed E-state index contributed by atoms with van der Waals surface area (Å²) in [6.45, 7) is 3.05. The maximum Gasteiger partial charge on any atom is 0.0701 e. The molecule has 2 atom stereocenters. The van der Waals surface area contributed by atoms with Crippen molar-refractivity contribution >= 4 is 27.3 Å². The third-order valence-corrected chi connectivity index (χ3v) is 4.92. The maximum atomic E-state index is 9.57. The van der Waals surface area contributed by atoms with Crippen molar-refractivity contribution in [1.29, 1.82) is 0 Å². The highest BCUT2D eigenvalue weighted by molar-refractivity contribution is 9.11. The molecule has 4 heteroatoms. The summed E-state index contributed by atoms with van der Waals surface area (Å²) in [4.78, 5) is 1.31. The van der Waals surface area contributed by atoms with E-state index in [1.165, 1.54) is 4.88 Å². The summed E-state index contributed by atoms with van der Waals surface area (Å²) >= 11 is 5.20. The van der Waals surface area contributed by atoms with Crippen molar-refractivity contribution in [1.82, 2.24) is 0 Å². The molecule has 1 N–H and O–H groups in total. The summed E-state index contributed by atoms with van der Waals surface area (Å²) in [6, 6.07) is 4.18. The first-order valence-corrected chi connectivity index (χ1v) is 6.74. The number of aliphatic hydroxyl groups excluding tert-OH is 1. The number of rotatable bonds is 3. The van der Waals surface area contributed by atoms with Gasteiger partial charge in [0, 0.05) is 16.9 Å². The molecule has 2 unspecified atom stereocenters. The number of hydrogen-bond acceptors (Lipinski definition) is 3. The zero-order valence-corrected chi connectivity index (χ0v) is 11.1. The smallest absolute Gasteiger partial charge is 0.0701 e. The number of ether oxygens (including phenoxy) is 1. The van der Waals surface area contributed by atoms with Crippen LogP contribution in [0, 0.1) is 5.41 Å². The van der Waals surface area contributed by atoms with Gasteiger partial charge in [-0.2, -0.15) is 0 Å². The molecule has 0 radical (unpaired) electrons. The molecule has 2 rings (SSSR count). The highest BCUT2D eigenvalue weighted by atomic mass is 79.9. The first kappa shape index (κ1) is 11.6. The first-order valence-electron chi connectivity index (χ1n) is 5.13. The van der Waals surface area contributed by atoms with Crippen molar-refractivity contribution in [3.8, 4) is 0 Å². The van der Waals surface area contributed by atoms with Gasteiger partial charge in [-0.1, -0.05) is 0 Å². The van der Waals surface area contributed by atoms with Crippen LogP contribution >= 0.6 is 27.3 Å². The SMILES string of the molecule is CC1OCCC1(CO)Cc1ccc(Br)s1. The average Bonchev–Trinajstić information content (AvgIpc) is 2.76. The molecule has 2 nitrogen and oxygen atoms in total. The van der Waals surface area contributed by atoms with Gasteiger partial charge in [-0.15, -0.1) is 11.3 Å². The van der Waals surface area contributed by atoms with Crippen LogP contribution in [0.25, 0.3) is 0 Å². The Morgan fingerprint density at radius 3 is 2.93 bits per heavy atom. The zero-order valence-electron chi connectivity index (χ0n) is 8.70. The topological polar surface area (TPSA) is 29.5 Å². The molecule has 2 heterocycles. The minimum Gasteiger partial charge on any atom is -0.396 e. The van der Waals surface area contributed by atoms with E-state index < -0.39 is 0 Å². The quantitative estimate of drug-likeness (QED) is 0.928. The van der Waals surface area contributed by atoms with Crippen molar-refractivity contribution in [2.45, 2.75) is 25.9 Å². The van der Waals surface area contributed by atoms with E-state index in [-0.39, 0.29) is 18.1 Å². The molecule has 84 valence electrons. The second kappa shape index (κ2) is 4.53. The minimum absolute atomic E-state index is 0.0652. The molecule has 1 saturated heterocycles. The van der Waals surface area contributed by atoms with Crippen LogP contribution in [0.3, 0.4) is 0 Å². The largest absolute Gasteiger partial charge is 0.396 e. The summed E-state index contributed by atoms with van der Waals surface area (Å²) < 4.78 is 6.72. The monoisotopic (exact) mass is 290 g/mol. The lowest BCUT2D eigenvalue weighted by Crippen LogP contribution is -2.34. The molecule has 0 aliphatic carbocycles. The number of thiophene rings is 1. The Bertz CT molecular complexity index is 339. The van der Waals surface area contributed by atoms with Gasteiger partial charge < -0.3 is 9.84 Å². The highest BCUT2D eigenvalue weighted by Gasteiger charge is 2.41. The van der Waals surface area contributed by atoms with Gasteiger partial charge in [0.2, 0.25) is 0 Å². The molecule has 0 saturated carbocycles. The van der Waals surface area contributed by atoms with E-state index in [1.807, 2.05) is 0 Å². The van der Waals surface area contributed by atoms with Gasteiger partial charge in [-0.3, -0.25) is 0 Å². The molecule has 0 bridgehead atoms. The van der Waals surface area contributed by atoms with Gasteiger partial charge in [0.05, 0.1) is 16.5 Å². The van der Waals surface area contributed by atoms with Crippen molar-refractivity contribution in [3.05, 3.63) is 20.8 Å². The second-order valence-corrected chi connectivity index (χ2v) is 6.71. The third kappa shape index (κ3) is 2.28. The summed E-state index contributed by atoms with van der Waals surface area (Å²) in [6.07, 6.45) is 2.03. The molecule has 1 aromatic heterocycles. The van der Waals surface area contributed by atoms with E-state index in [1.54, 1.807) is 11.3 Å². The van der Waals surface area contributed by atoms with E-state index in [9.17, 15) is 5.11 Å². The first-order chi connectivity index (χ1) is 7.16. The minimum atomic E-state index is -0.0652. The van der Waals surface area contributed by atoms with Crippen LogP contribution in [-0.2, 0) is 11.2 Å². The van der Waals surface area contributed by atoms with Gasteiger partial charge in [-0.05, 0) is 47.8 Å². The Morgan fingerprint density at radius 1 is 1.67 bits per heavy atom. The molecule has 1 aliphatic heterocycles. The fourth-order valence-corrected chi connectivity index (χ4v) is 3.75. The lowest BCUT2D eigenvalue weighted by atomic mass is 9.79. The van der Waals surface area contributed by atoms with E-state index in [2.05, 4.69) is 35.0 Å². The molecule has 15 heavy (non-hydrogen) atoms. The van der Waals surface area contributed by atoms with Gasteiger partial charge in [-0.25, -0.2) is 0 Å². The molecule has 0 spiro atoms. The molecular formula is C11H15BrO2S. The van der Waals surface area contributed by atoms with Crippen LogP contribution in [0.4, 0.5) is 0 Å². The van der Waals surface area contributed by atoms with Crippen LogP contribution < -0.4 is 0 Å². The van der Waals surface area contributed by atoms with E-state index in [4.69, 9.17) is 4.74 Å². The summed E-state index contributed by atoms with van der Waals surface area (Å²) in [5.74, 6) is 0. The molecule has 1 aliphatic rings. The van der Waals surface area contributed by atoms with Crippen molar-refractivity contribution in [3.63, 3.8) is 0 Å². The average molecular weight is 291 g/mol. The van der Waals surface area contributed by atoms with E-state index in [0.29, 0.717) is 0 Å². The van der Waals surface area contributed by atoms with E-state index in [0.717, 1.165) is 23.2 Å². The zero-order chi connectivity index (χ0) is 10.9. The normalized spacial score (nSPS) is 31.0. The van der Waals surface area contributed by atoms with Crippen molar-refractivity contribution in [2.24, 2.45) is 5.41 Å². The Labute approximate surface area is 102 Å². The molecular weight excluding hydrogens is 276 g/mol. The summed E-state index contributed by atoms with van der Waals surface area (Å²) in [5.41, 5.74) is -0.0652. The standard InChI is InChI=1S/C11H15BrO2S/c1-8-11(7-13,4-5-14-8)6-9-2-3-10(12)15-9/h2-3,8,13H,4-7H2,1H3. The van der Waals surface area contributed by atoms with Gasteiger partial charge in [0.25, 0.3) is 0 Å². The van der Waals surface area contributed by atoms with E-state index >= 15 is 0 Å². The van der Waals surface area contributed by atoms with Crippen LogP contribution in [0.5, 0.6) is 0 Å². The Balaban J connectivity index is 2.14. The van der Waals surface area contributed by atoms with Crippen LogP contribution in [0.2, 0.25) is 0 Å². The number of halogens is 1. The highest BCUT2D eigenvalue weighted by Crippen LogP contribution is 2.39. The lowest BCUT2D eigenvalue weighted by molar-refractivity contribution is 0.0276. The Morgan fingerprint density at radius 2 is 2.47 bits per heavy atom. The van der Waals surface area contributed by atoms with Crippen LogP contribution in [0.15, 0.2) is 15.9 Å². The fraction of sp³-hybridized carbons (Fsp3) is 0.636. The van der Waals surface area contributed by atoms with Crippen molar-refractivity contribution in [2.75, 3.05) is 13.2 Å². The molecule has 1 aromatic rings. The van der Waals surface area contributed by atoms with Crippen molar-refractivity contribution < 1.29 is 9.84 Å². The maximum absolute atomic E-state index is 9.57. The predicted molar refractivity (Wildman–Crippen MR) is 65.3 cm³/mol. The number of hydrogen-bond donors (Lipinski definition) is 1. The second-order valence-electron chi connectivity index (χ2n) is 4.17. The fourth-order valence-electron chi connectivity index (χ4n) is 2.11. The summed E-state index contributed by atoms with van der Waals surface area (Å²) in [7, 11) is 0. The van der Waals surface area contributed by atoms with Crippen LogP contribution in [0.1, 0.15) is 18.2 Å². The molecule has 0 amide bonds. The molecule has 0 aromatic carbocycles.